The highest BCUT2D eigenvalue weighted by atomic mass is 79.9. The number of pyridine rings is 1. The van der Waals surface area contributed by atoms with Crippen molar-refractivity contribution in [3.8, 4) is 0 Å². The maximum absolute atomic E-state index is 4.66. The molecule has 1 aromatic carbocycles. The van der Waals surface area contributed by atoms with Crippen LogP contribution in [0.2, 0.25) is 0 Å². The van der Waals surface area contributed by atoms with Crippen LogP contribution < -0.4 is 4.90 Å². The quantitative estimate of drug-likeness (QED) is 0.737. The van der Waals surface area contributed by atoms with Crippen LogP contribution in [0.25, 0.3) is 0 Å². The van der Waals surface area contributed by atoms with E-state index in [4.69, 9.17) is 0 Å². The lowest BCUT2D eigenvalue weighted by molar-refractivity contribution is 0.670. The van der Waals surface area contributed by atoms with Crippen molar-refractivity contribution in [3.63, 3.8) is 0 Å². The molecule has 0 bridgehead atoms. The Morgan fingerprint density at radius 1 is 1.15 bits per heavy atom. The number of hydrogen-bond donors (Lipinski definition) is 0. The lowest BCUT2D eigenvalue weighted by Crippen LogP contribution is -2.31. The molecule has 0 radical (unpaired) electrons. The van der Waals surface area contributed by atoms with Crippen molar-refractivity contribution in [2.75, 3.05) is 4.90 Å². The van der Waals surface area contributed by atoms with E-state index >= 15 is 0 Å². The molecule has 0 aliphatic rings. The second kappa shape index (κ2) is 6.89. The summed E-state index contributed by atoms with van der Waals surface area (Å²) in [7, 11) is 0. The molecule has 2 aromatic rings. The first-order valence-corrected chi connectivity index (χ1v) is 8.06. The van der Waals surface area contributed by atoms with Gasteiger partial charge in [-0.2, -0.15) is 0 Å². The van der Waals surface area contributed by atoms with Crippen molar-refractivity contribution in [3.05, 3.63) is 59.3 Å². The van der Waals surface area contributed by atoms with E-state index < -0.39 is 0 Å². The fourth-order valence-electron chi connectivity index (χ4n) is 2.28. The lowest BCUT2D eigenvalue weighted by atomic mass is 10.1. The minimum atomic E-state index is 0.413. The van der Waals surface area contributed by atoms with Gasteiger partial charge in [0.05, 0.1) is 0 Å². The number of aryl methyl sites for hydroxylation is 1. The molecule has 0 aliphatic carbocycles. The number of benzene rings is 1. The summed E-state index contributed by atoms with van der Waals surface area (Å²) < 4.78 is 0. The van der Waals surface area contributed by atoms with E-state index in [1.54, 1.807) is 0 Å². The van der Waals surface area contributed by atoms with Crippen LogP contribution >= 0.6 is 15.9 Å². The zero-order valence-electron chi connectivity index (χ0n) is 12.3. The molecule has 0 spiro atoms. The Morgan fingerprint density at radius 2 is 1.85 bits per heavy atom. The zero-order valence-corrected chi connectivity index (χ0v) is 13.9. The van der Waals surface area contributed by atoms with Gasteiger partial charge in [0.15, 0.2) is 0 Å². The van der Waals surface area contributed by atoms with Crippen molar-refractivity contribution >= 4 is 21.7 Å². The second-order valence-corrected chi connectivity index (χ2v) is 5.89. The molecule has 2 rings (SSSR count). The molecule has 106 valence electrons. The number of anilines is 1. The maximum Gasteiger partial charge on any atom is 0.131 e. The van der Waals surface area contributed by atoms with Gasteiger partial charge in [0.1, 0.15) is 5.82 Å². The smallest absolute Gasteiger partial charge is 0.131 e. The highest BCUT2D eigenvalue weighted by molar-refractivity contribution is 9.08. The molecule has 0 atom stereocenters. The number of nitrogens with zero attached hydrogens (tertiary/aromatic N) is 2. The van der Waals surface area contributed by atoms with Crippen molar-refractivity contribution < 1.29 is 0 Å². The first kappa shape index (κ1) is 15.0. The molecule has 0 N–H and O–H groups in total. The Kier molecular flexibility index (Phi) is 5.18. The summed E-state index contributed by atoms with van der Waals surface area (Å²) in [6.07, 6.45) is 1.96. The van der Waals surface area contributed by atoms with Crippen LogP contribution in [0.15, 0.2) is 42.6 Å². The monoisotopic (exact) mass is 332 g/mol. The summed E-state index contributed by atoms with van der Waals surface area (Å²) >= 11 is 3.48. The van der Waals surface area contributed by atoms with E-state index in [2.05, 4.69) is 83.0 Å². The van der Waals surface area contributed by atoms with Gasteiger partial charge < -0.3 is 4.90 Å². The van der Waals surface area contributed by atoms with Gasteiger partial charge in [-0.15, -0.1) is 0 Å². The summed E-state index contributed by atoms with van der Waals surface area (Å²) in [6, 6.07) is 13.2. The Morgan fingerprint density at radius 3 is 2.40 bits per heavy atom. The van der Waals surface area contributed by atoms with E-state index in [0.29, 0.717) is 6.04 Å². The molecule has 2 nitrogen and oxygen atoms in total. The Bertz CT molecular complexity index is 552. The fourth-order valence-corrected chi connectivity index (χ4v) is 2.59. The zero-order chi connectivity index (χ0) is 14.5. The molecule has 1 aromatic heterocycles. The van der Waals surface area contributed by atoms with E-state index in [0.717, 1.165) is 17.7 Å². The van der Waals surface area contributed by atoms with E-state index in [-0.39, 0.29) is 0 Å². The van der Waals surface area contributed by atoms with Gasteiger partial charge >= 0.3 is 0 Å². The van der Waals surface area contributed by atoms with Crippen LogP contribution in [-0.2, 0) is 11.9 Å². The molecule has 0 fully saturated rings. The molecule has 0 saturated carbocycles. The van der Waals surface area contributed by atoms with Crippen molar-refractivity contribution in [2.24, 2.45) is 0 Å². The standard InChI is InChI=1S/C17H21BrN2/c1-13(2)20(12-15-7-5-4-6-8-15)17-14(3)9-16(10-18)11-19-17/h4-9,11,13H,10,12H2,1-3H3. The molecule has 20 heavy (non-hydrogen) atoms. The molecule has 1 heterocycles. The van der Waals surface area contributed by atoms with E-state index in [1.165, 1.54) is 16.7 Å². The molecule has 0 aliphatic heterocycles. The van der Waals surface area contributed by atoms with Gasteiger partial charge in [0.2, 0.25) is 0 Å². The topological polar surface area (TPSA) is 16.1 Å². The molecular weight excluding hydrogens is 312 g/mol. The highest BCUT2D eigenvalue weighted by Crippen LogP contribution is 2.23. The largest absolute Gasteiger partial charge is 0.350 e. The molecule has 3 heteroatoms. The average Bonchev–Trinajstić information content (AvgIpc) is 2.46. The van der Waals surface area contributed by atoms with Gasteiger partial charge in [-0.05, 0) is 37.5 Å². The maximum atomic E-state index is 4.66. The lowest BCUT2D eigenvalue weighted by Gasteiger charge is -2.29. The fraction of sp³-hybridized carbons (Fsp3) is 0.353. The van der Waals surface area contributed by atoms with Crippen LogP contribution in [0.4, 0.5) is 5.82 Å². The summed E-state index contributed by atoms with van der Waals surface area (Å²) in [6.45, 7) is 7.44. The van der Waals surface area contributed by atoms with Gasteiger partial charge in [0, 0.05) is 24.1 Å². The number of hydrogen-bond acceptors (Lipinski definition) is 2. The molecular formula is C17H21BrN2. The van der Waals surface area contributed by atoms with Crippen LogP contribution in [-0.4, -0.2) is 11.0 Å². The summed E-state index contributed by atoms with van der Waals surface area (Å²) in [5.74, 6) is 1.08. The Hall–Kier alpha value is -1.35. The number of rotatable bonds is 5. The van der Waals surface area contributed by atoms with Crippen molar-refractivity contribution in [2.45, 2.75) is 38.7 Å². The number of halogens is 1. The highest BCUT2D eigenvalue weighted by Gasteiger charge is 2.15. The predicted molar refractivity (Wildman–Crippen MR) is 89.4 cm³/mol. The first-order chi connectivity index (χ1) is 9.61. The van der Waals surface area contributed by atoms with Gasteiger partial charge in [0.25, 0.3) is 0 Å². The third-order valence-corrected chi connectivity index (χ3v) is 4.00. The van der Waals surface area contributed by atoms with Crippen LogP contribution in [0.5, 0.6) is 0 Å². The normalized spacial score (nSPS) is 10.8. The van der Waals surface area contributed by atoms with Crippen molar-refractivity contribution in [1.29, 1.82) is 0 Å². The van der Waals surface area contributed by atoms with E-state index in [1.807, 2.05) is 6.20 Å². The summed E-state index contributed by atoms with van der Waals surface area (Å²) in [5.41, 5.74) is 3.76. The molecule has 0 saturated heterocycles. The molecule has 0 unspecified atom stereocenters. The molecule has 0 amide bonds. The predicted octanol–water partition coefficient (Wildman–Crippen LogP) is 4.70. The van der Waals surface area contributed by atoms with Crippen LogP contribution in [0.3, 0.4) is 0 Å². The minimum absolute atomic E-state index is 0.413. The summed E-state index contributed by atoms with van der Waals surface area (Å²) in [4.78, 5) is 7.01. The van der Waals surface area contributed by atoms with Gasteiger partial charge in [-0.3, -0.25) is 0 Å². The minimum Gasteiger partial charge on any atom is -0.350 e. The van der Waals surface area contributed by atoms with Crippen LogP contribution in [0, 0.1) is 6.92 Å². The third kappa shape index (κ3) is 3.60. The van der Waals surface area contributed by atoms with Gasteiger partial charge in [-0.25, -0.2) is 4.98 Å². The second-order valence-electron chi connectivity index (χ2n) is 5.32. The van der Waals surface area contributed by atoms with Crippen molar-refractivity contribution in [1.82, 2.24) is 4.98 Å². The van der Waals surface area contributed by atoms with Gasteiger partial charge in [-0.1, -0.05) is 52.3 Å². The Labute approximate surface area is 130 Å². The summed E-state index contributed by atoms with van der Waals surface area (Å²) in [5, 5.41) is 0.849. The Balaban J connectivity index is 2.29. The SMILES string of the molecule is Cc1cc(CBr)cnc1N(Cc1ccccc1)C(C)C. The van der Waals surface area contributed by atoms with Crippen LogP contribution in [0.1, 0.15) is 30.5 Å². The average molecular weight is 333 g/mol. The first-order valence-electron chi connectivity index (χ1n) is 6.94. The third-order valence-electron chi connectivity index (χ3n) is 3.35. The number of aromatic nitrogens is 1. The number of alkyl halides is 1. The van der Waals surface area contributed by atoms with E-state index in [9.17, 15) is 0 Å².